The standard InChI is InChI=1S/C13H14O6/c14-10-6-2-1-3-7-9(13(17)19-11(7)15)5-4-8(6)12(16)18-10/h6-9H,1-5H2/t6-,7+,8+,9-. The summed E-state index contributed by atoms with van der Waals surface area (Å²) in [4.78, 5) is 46.4. The number of esters is 4. The average molecular weight is 266 g/mol. The van der Waals surface area contributed by atoms with Crippen molar-refractivity contribution < 1.29 is 28.7 Å². The minimum Gasteiger partial charge on any atom is -0.393 e. The van der Waals surface area contributed by atoms with Gasteiger partial charge < -0.3 is 9.47 Å². The van der Waals surface area contributed by atoms with Crippen LogP contribution in [0, 0.1) is 23.7 Å². The smallest absolute Gasteiger partial charge is 0.317 e. The number of rotatable bonds is 0. The van der Waals surface area contributed by atoms with Gasteiger partial charge in [0.25, 0.3) is 0 Å². The van der Waals surface area contributed by atoms with E-state index in [0.717, 1.165) is 0 Å². The Balaban J connectivity index is 1.81. The second-order valence-electron chi connectivity index (χ2n) is 5.41. The first-order valence-electron chi connectivity index (χ1n) is 6.59. The molecule has 0 spiro atoms. The number of carbonyl (C=O) groups excluding carboxylic acids is 4. The van der Waals surface area contributed by atoms with E-state index in [-0.39, 0.29) is 0 Å². The Labute approximate surface area is 109 Å². The molecule has 0 aromatic heterocycles. The van der Waals surface area contributed by atoms with Gasteiger partial charge in [-0.15, -0.1) is 0 Å². The summed E-state index contributed by atoms with van der Waals surface area (Å²) in [6, 6.07) is 0. The van der Waals surface area contributed by atoms with Gasteiger partial charge in [0.1, 0.15) is 0 Å². The molecule has 0 aromatic rings. The Morgan fingerprint density at radius 1 is 0.579 bits per heavy atom. The Morgan fingerprint density at radius 3 is 1.26 bits per heavy atom. The fourth-order valence-corrected chi connectivity index (χ4v) is 3.35. The van der Waals surface area contributed by atoms with E-state index in [4.69, 9.17) is 0 Å². The van der Waals surface area contributed by atoms with Crippen molar-refractivity contribution >= 4 is 23.9 Å². The molecule has 3 rings (SSSR count). The van der Waals surface area contributed by atoms with Crippen molar-refractivity contribution in [2.75, 3.05) is 0 Å². The topological polar surface area (TPSA) is 86.7 Å². The van der Waals surface area contributed by atoms with Gasteiger partial charge >= 0.3 is 23.9 Å². The summed E-state index contributed by atoms with van der Waals surface area (Å²) < 4.78 is 9.32. The lowest BCUT2D eigenvalue weighted by Crippen LogP contribution is -2.20. The van der Waals surface area contributed by atoms with Gasteiger partial charge in [-0.25, -0.2) is 0 Å². The minimum absolute atomic E-state index is 0.402. The first kappa shape index (κ1) is 12.3. The normalized spacial score (nSPS) is 38.7. The lowest BCUT2D eigenvalue weighted by Gasteiger charge is -2.12. The summed E-state index contributed by atoms with van der Waals surface area (Å²) in [5, 5.41) is 0. The van der Waals surface area contributed by atoms with E-state index < -0.39 is 47.5 Å². The molecule has 0 radical (unpaired) electrons. The summed E-state index contributed by atoms with van der Waals surface area (Å²) >= 11 is 0. The van der Waals surface area contributed by atoms with E-state index >= 15 is 0 Å². The number of fused-ring (bicyclic) bond motifs is 2. The van der Waals surface area contributed by atoms with E-state index in [1.807, 2.05) is 0 Å². The molecule has 4 atom stereocenters. The van der Waals surface area contributed by atoms with Crippen molar-refractivity contribution in [3.63, 3.8) is 0 Å². The Hall–Kier alpha value is -1.72. The molecule has 2 heterocycles. The predicted molar refractivity (Wildman–Crippen MR) is 59.2 cm³/mol. The molecular weight excluding hydrogens is 252 g/mol. The Bertz CT molecular complexity index is 426. The molecule has 1 aliphatic carbocycles. The minimum atomic E-state index is -0.494. The highest BCUT2D eigenvalue weighted by molar-refractivity contribution is 5.97. The van der Waals surface area contributed by atoms with Crippen LogP contribution in [-0.2, 0) is 28.7 Å². The zero-order valence-corrected chi connectivity index (χ0v) is 10.3. The number of hydrogen-bond donors (Lipinski definition) is 0. The highest BCUT2D eigenvalue weighted by Crippen LogP contribution is 2.40. The van der Waals surface area contributed by atoms with E-state index in [9.17, 15) is 19.2 Å². The van der Waals surface area contributed by atoms with Crippen LogP contribution >= 0.6 is 0 Å². The molecule has 1 saturated carbocycles. The van der Waals surface area contributed by atoms with Gasteiger partial charge in [0, 0.05) is 0 Å². The summed E-state index contributed by atoms with van der Waals surface area (Å²) in [6.07, 6.45) is 2.48. The molecule has 0 bridgehead atoms. The third kappa shape index (κ3) is 1.95. The SMILES string of the molecule is O=C1OC(=O)[C@@H]2CCC[C@@H]3C(=O)OC(=O)[C@@H]3CC[C@H]12. The van der Waals surface area contributed by atoms with E-state index in [1.54, 1.807) is 0 Å². The summed E-state index contributed by atoms with van der Waals surface area (Å²) in [5.41, 5.74) is 0. The predicted octanol–water partition coefficient (Wildman–Crippen LogP) is 0.582. The second kappa shape index (κ2) is 4.43. The van der Waals surface area contributed by atoms with Gasteiger partial charge in [-0.1, -0.05) is 6.42 Å². The maximum absolute atomic E-state index is 11.6. The summed E-state index contributed by atoms with van der Waals surface area (Å²) in [7, 11) is 0. The average Bonchev–Trinajstić information content (AvgIpc) is 2.79. The van der Waals surface area contributed by atoms with Crippen molar-refractivity contribution in [2.45, 2.75) is 32.1 Å². The third-order valence-corrected chi connectivity index (χ3v) is 4.40. The quantitative estimate of drug-likeness (QED) is 0.471. The zero-order chi connectivity index (χ0) is 13.6. The first-order valence-corrected chi connectivity index (χ1v) is 6.59. The molecule has 0 amide bonds. The molecule has 102 valence electrons. The van der Waals surface area contributed by atoms with Gasteiger partial charge in [-0.3, -0.25) is 19.2 Å². The maximum atomic E-state index is 11.6. The van der Waals surface area contributed by atoms with Crippen LogP contribution in [0.4, 0.5) is 0 Å². The molecule has 0 unspecified atom stereocenters. The zero-order valence-electron chi connectivity index (χ0n) is 10.3. The monoisotopic (exact) mass is 266 g/mol. The van der Waals surface area contributed by atoms with Crippen molar-refractivity contribution in [2.24, 2.45) is 23.7 Å². The molecule has 3 aliphatic rings. The molecule has 2 aliphatic heterocycles. The molecule has 0 N–H and O–H groups in total. The largest absolute Gasteiger partial charge is 0.393 e. The first-order chi connectivity index (χ1) is 9.08. The summed E-state index contributed by atoms with van der Waals surface area (Å²) in [5.74, 6) is -3.65. The number of hydrogen-bond acceptors (Lipinski definition) is 6. The molecule has 3 fully saturated rings. The van der Waals surface area contributed by atoms with Crippen molar-refractivity contribution in [1.82, 2.24) is 0 Å². The van der Waals surface area contributed by atoms with Gasteiger partial charge in [-0.2, -0.15) is 0 Å². The molecule has 6 heteroatoms. The van der Waals surface area contributed by atoms with Crippen LogP contribution in [0.2, 0.25) is 0 Å². The third-order valence-electron chi connectivity index (χ3n) is 4.40. The molecule has 2 saturated heterocycles. The van der Waals surface area contributed by atoms with Crippen LogP contribution < -0.4 is 0 Å². The van der Waals surface area contributed by atoms with Crippen molar-refractivity contribution in [3.8, 4) is 0 Å². The summed E-state index contributed by atoms with van der Waals surface area (Å²) in [6.45, 7) is 0. The van der Waals surface area contributed by atoms with Crippen LogP contribution in [0.15, 0.2) is 0 Å². The van der Waals surface area contributed by atoms with E-state index in [0.29, 0.717) is 32.1 Å². The Kier molecular flexibility index (Phi) is 2.88. The molecular formula is C13H14O6. The van der Waals surface area contributed by atoms with Gasteiger partial charge in [0.2, 0.25) is 0 Å². The van der Waals surface area contributed by atoms with E-state index in [2.05, 4.69) is 9.47 Å². The van der Waals surface area contributed by atoms with Crippen molar-refractivity contribution in [3.05, 3.63) is 0 Å². The van der Waals surface area contributed by atoms with Gasteiger partial charge in [-0.05, 0) is 25.7 Å². The highest BCUT2D eigenvalue weighted by Gasteiger charge is 2.49. The van der Waals surface area contributed by atoms with Crippen molar-refractivity contribution in [1.29, 1.82) is 0 Å². The fourth-order valence-electron chi connectivity index (χ4n) is 3.35. The maximum Gasteiger partial charge on any atom is 0.317 e. The number of carbonyl (C=O) groups is 4. The van der Waals surface area contributed by atoms with Crippen LogP contribution in [-0.4, -0.2) is 23.9 Å². The van der Waals surface area contributed by atoms with Gasteiger partial charge in [0.15, 0.2) is 0 Å². The van der Waals surface area contributed by atoms with Crippen LogP contribution in [0.3, 0.4) is 0 Å². The second-order valence-corrected chi connectivity index (χ2v) is 5.41. The number of ether oxygens (including phenoxy) is 2. The number of cyclic esters (lactones) is 4. The van der Waals surface area contributed by atoms with Crippen LogP contribution in [0.5, 0.6) is 0 Å². The molecule has 6 nitrogen and oxygen atoms in total. The van der Waals surface area contributed by atoms with E-state index in [1.165, 1.54) is 0 Å². The fraction of sp³-hybridized carbons (Fsp3) is 0.692. The lowest BCUT2D eigenvalue weighted by molar-refractivity contribution is -0.156. The molecule has 19 heavy (non-hydrogen) atoms. The molecule has 0 aromatic carbocycles. The highest BCUT2D eigenvalue weighted by atomic mass is 16.6. The Morgan fingerprint density at radius 2 is 0.895 bits per heavy atom. The van der Waals surface area contributed by atoms with Crippen LogP contribution in [0.25, 0.3) is 0 Å². The van der Waals surface area contributed by atoms with Gasteiger partial charge in [0.05, 0.1) is 23.7 Å². The lowest BCUT2D eigenvalue weighted by atomic mass is 9.85. The van der Waals surface area contributed by atoms with Crippen LogP contribution in [0.1, 0.15) is 32.1 Å².